The molecule has 2 amide bonds. The van der Waals surface area contributed by atoms with Crippen LogP contribution in [0.15, 0.2) is 78.9 Å². The van der Waals surface area contributed by atoms with Gasteiger partial charge in [0, 0.05) is 18.0 Å². The summed E-state index contributed by atoms with van der Waals surface area (Å²) in [6, 6.07) is 24.9. The van der Waals surface area contributed by atoms with Gasteiger partial charge in [-0.05, 0) is 41.3 Å². The van der Waals surface area contributed by atoms with Gasteiger partial charge < -0.3 is 15.7 Å². The summed E-state index contributed by atoms with van der Waals surface area (Å²) in [6.45, 7) is 0.0411. The average molecular weight is 332 g/mol. The summed E-state index contributed by atoms with van der Waals surface area (Å²) in [5.74, 6) is 0. The molecule has 0 radical (unpaired) electrons. The van der Waals surface area contributed by atoms with E-state index < -0.39 is 0 Å². The average Bonchev–Trinajstić information content (AvgIpc) is 2.64. The number of aliphatic hydroxyl groups excluding tert-OH is 1. The molecule has 0 unspecified atom stereocenters. The maximum Gasteiger partial charge on any atom is 0.323 e. The van der Waals surface area contributed by atoms with Crippen molar-refractivity contribution in [3.63, 3.8) is 0 Å². The lowest BCUT2D eigenvalue weighted by atomic mass is 10.1. The molecule has 0 spiro atoms. The van der Waals surface area contributed by atoms with E-state index >= 15 is 0 Å². The van der Waals surface area contributed by atoms with Crippen molar-refractivity contribution < 1.29 is 9.90 Å². The van der Waals surface area contributed by atoms with E-state index in [2.05, 4.69) is 10.6 Å². The molecule has 3 N–H and O–H groups in total. The Bertz CT molecular complexity index is 847. The van der Waals surface area contributed by atoms with E-state index in [1.807, 2.05) is 78.9 Å². The Balaban J connectivity index is 1.72. The van der Waals surface area contributed by atoms with E-state index in [1.54, 1.807) is 0 Å². The van der Waals surface area contributed by atoms with Gasteiger partial charge in [0.1, 0.15) is 0 Å². The fourth-order valence-electron chi connectivity index (χ4n) is 2.67. The quantitative estimate of drug-likeness (QED) is 0.643. The molecule has 4 heteroatoms. The normalized spacial score (nSPS) is 10.3. The number of carbonyl (C=O) groups excluding carboxylic acids is 1. The second kappa shape index (κ2) is 8.13. The number of amides is 2. The first-order valence-electron chi connectivity index (χ1n) is 8.18. The second-order valence-electron chi connectivity index (χ2n) is 5.66. The third-order valence-corrected chi connectivity index (χ3v) is 3.87. The van der Waals surface area contributed by atoms with Crippen LogP contribution < -0.4 is 10.6 Å². The number of rotatable bonds is 5. The number of para-hydroxylation sites is 1. The molecular weight excluding hydrogens is 312 g/mol. The number of aliphatic hydroxyl groups is 1. The molecule has 25 heavy (non-hydrogen) atoms. The lowest BCUT2D eigenvalue weighted by Gasteiger charge is -2.12. The molecule has 4 nitrogen and oxygen atoms in total. The van der Waals surface area contributed by atoms with Crippen LogP contribution in [0.5, 0.6) is 0 Å². The molecule has 3 rings (SSSR count). The molecule has 0 heterocycles. The van der Waals surface area contributed by atoms with Crippen LogP contribution >= 0.6 is 0 Å². The molecule has 3 aromatic carbocycles. The van der Waals surface area contributed by atoms with E-state index in [1.165, 1.54) is 0 Å². The van der Waals surface area contributed by atoms with Gasteiger partial charge in [0.15, 0.2) is 0 Å². The molecule has 0 aliphatic rings. The van der Waals surface area contributed by atoms with Gasteiger partial charge in [0.05, 0.1) is 0 Å². The Labute approximate surface area is 147 Å². The highest BCUT2D eigenvalue weighted by molar-refractivity contribution is 6.00. The number of anilines is 2. The van der Waals surface area contributed by atoms with Gasteiger partial charge in [-0.2, -0.15) is 0 Å². The number of benzene rings is 3. The van der Waals surface area contributed by atoms with Crippen molar-refractivity contribution in [1.29, 1.82) is 0 Å². The fraction of sp³-hybridized carbons (Fsp3) is 0.0952. The summed E-state index contributed by atoms with van der Waals surface area (Å²) in [7, 11) is 0. The van der Waals surface area contributed by atoms with Crippen LogP contribution in [0.3, 0.4) is 0 Å². The van der Waals surface area contributed by atoms with E-state index in [4.69, 9.17) is 5.11 Å². The number of hydrogen-bond donors (Lipinski definition) is 3. The summed E-state index contributed by atoms with van der Waals surface area (Å²) in [4.78, 5) is 12.3. The van der Waals surface area contributed by atoms with Crippen molar-refractivity contribution in [3.8, 4) is 11.1 Å². The van der Waals surface area contributed by atoms with E-state index in [9.17, 15) is 4.79 Å². The Morgan fingerprint density at radius 2 is 1.52 bits per heavy atom. The SMILES string of the molecule is O=C(Nc1cccc(-c2ccccc2)c1)Nc1ccccc1CCO. The highest BCUT2D eigenvalue weighted by Crippen LogP contribution is 2.22. The van der Waals surface area contributed by atoms with Gasteiger partial charge >= 0.3 is 6.03 Å². The highest BCUT2D eigenvalue weighted by Gasteiger charge is 2.07. The van der Waals surface area contributed by atoms with Crippen LogP contribution in [0.4, 0.5) is 16.2 Å². The maximum atomic E-state index is 12.3. The highest BCUT2D eigenvalue weighted by atomic mass is 16.3. The molecule has 0 aromatic heterocycles. The van der Waals surface area contributed by atoms with Crippen LogP contribution in [-0.4, -0.2) is 17.7 Å². The molecule has 0 aliphatic carbocycles. The monoisotopic (exact) mass is 332 g/mol. The largest absolute Gasteiger partial charge is 0.396 e. The summed E-state index contributed by atoms with van der Waals surface area (Å²) in [5, 5.41) is 14.8. The molecule has 0 fully saturated rings. The molecule has 0 atom stereocenters. The van der Waals surface area contributed by atoms with Crippen molar-refractivity contribution in [2.24, 2.45) is 0 Å². The summed E-state index contributed by atoms with van der Waals surface area (Å²) in [5.41, 5.74) is 4.46. The minimum absolute atomic E-state index is 0.0411. The third kappa shape index (κ3) is 4.46. The van der Waals surface area contributed by atoms with E-state index in [0.717, 1.165) is 22.4 Å². The van der Waals surface area contributed by atoms with Gasteiger partial charge in [-0.15, -0.1) is 0 Å². The standard InChI is InChI=1S/C21H20N2O2/c24-14-13-17-9-4-5-12-20(17)23-21(25)22-19-11-6-10-18(15-19)16-7-2-1-3-8-16/h1-12,15,24H,13-14H2,(H2,22,23,25). The number of urea groups is 1. The van der Waals surface area contributed by atoms with Gasteiger partial charge in [-0.3, -0.25) is 0 Å². The minimum Gasteiger partial charge on any atom is -0.396 e. The minimum atomic E-state index is -0.310. The first kappa shape index (κ1) is 16.7. The number of nitrogens with one attached hydrogen (secondary N) is 2. The molecule has 0 saturated carbocycles. The maximum absolute atomic E-state index is 12.3. The van der Waals surface area contributed by atoms with Crippen molar-refractivity contribution in [1.82, 2.24) is 0 Å². The van der Waals surface area contributed by atoms with Crippen molar-refractivity contribution in [2.45, 2.75) is 6.42 Å². The molecule has 0 bridgehead atoms. The Morgan fingerprint density at radius 1 is 0.800 bits per heavy atom. The first-order valence-corrected chi connectivity index (χ1v) is 8.18. The Morgan fingerprint density at radius 3 is 2.32 bits per heavy atom. The van der Waals surface area contributed by atoms with Crippen LogP contribution in [-0.2, 0) is 6.42 Å². The van der Waals surface area contributed by atoms with Gasteiger partial charge in [0.25, 0.3) is 0 Å². The zero-order valence-corrected chi connectivity index (χ0v) is 13.8. The molecule has 0 aliphatic heterocycles. The van der Waals surface area contributed by atoms with Crippen molar-refractivity contribution in [3.05, 3.63) is 84.4 Å². The summed E-state index contributed by atoms with van der Waals surface area (Å²) in [6.07, 6.45) is 0.500. The van der Waals surface area contributed by atoms with Gasteiger partial charge in [0.2, 0.25) is 0 Å². The Kier molecular flexibility index (Phi) is 5.44. The van der Waals surface area contributed by atoms with Crippen LogP contribution in [0, 0.1) is 0 Å². The predicted octanol–water partition coefficient (Wildman–Crippen LogP) is 4.53. The fourth-order valence-corrected chi connectivity index (χ4v) is 2.67. The first-order chi connectivity index (χ1) is 12.3. The second-order valence-corrected chi connectivity index (χ2v) is 5.66. The van der Waals surface area contributed by atoms with Crippen molar-refractivity contribution >= 4 is 17.4 Å². The number of carbonyl (C=O) groups is 1. The number of hydrogen-bond acceptors (Lipinski definition) is 2. The lowest BCUT2D eigenvalue weighted by molar-refractivity contribution is 0.262. The molecule has 126 valence electrons. The predicted molar refractivity (Wildman–Crippen MR) is 102 cm³/mol. The third-order valence-electron chi connectivity index (χ3n) is 3.87. The van der Waals surface area contributed by atoms with Crippen LogP contribution in [0.2, 0.25) is 0 Å². The van der Waals surface area contributed by atoms with Gasteiger partial charge in [-0.25, -0.2) is 4.79 Å². The summed E-state index contributed by atoms with van der Waals surface area (Å²) < 4.78 is 0. The molecule has 3 aromatic rings. The topological polar surface area (TPSA) is 61.4 Å². The molecule has 0 saturated heterocycles. The van der Waals surface area contributed by atoms with Crippen LogP contribution in [0.25, 0.3) is 11.1 Å². The smallest absolute Gasteiger partial charge is 0.323 e. The van der Waals surface area contributed by atoms with E-state index in [-0.39, 0.29) is 12.6 Å². The zero-order chi connectivity index (χ0) is 17.5. The summed E-state index contributed by atoms with van der Waals surface area (Å²) >= 11 is 0. The lowest BCUT2D eigenvalue weighted by Crippen LogP contribution is -2.20. The van der Waals surface area contributed by atoms with Crippen LogP contribution in [0.1, 0.15) is 5.56 Å². The van der Waals surface area contributed by atoms with Gasteiger partial charge in [-0.1, -0.05) is 60.7 Å². The molecular formula is C21H20N2O2. The van der Waals surface area contributed by atoms with Crippen molar-refractivity contribution in [2.75, 3.05) is 17.2 Å². The zero-order valence-electron chi connectivity index (χ0n) is 13.8. The Hall–Kier alpha value is -3.11. The van der Waals surface area contributed by atoms with E-state index in [0.29, 0.717) is 12.1 Å².